The summed E-state index contributed by atoms with van der Waals surface area (Å²) in [4.78, 5) is 29.3. The molecule has 6 nitrogen and oxygen atoms in total. The largest absolute Gasteiger partial charge is 0.484 e. The van der Waals surface area contributed by atoms with Crippen LogP contribution in [0, 0.1) is 0 Å². The lowest BCUT2D eigenvalue weighted by atomic mass is 10.2. The highest BCUT2D eigenvalue weighted by molar-refractivity contribution is 7.09. The second-order valence-corrected chi connectivity index (χ2v) is 7.07. The zero-order chi connectivity index (χ0) is 18.4. The standard InChI is InChI=1S/C19H22N2O4S/c1-24-19(23)15-4-6-16(7-5-15)25-14-18(22)21-10-8-20(9-11-21)13-17-3-2-12-26-17/h2-7,12H,8-11,13-14H2,1H3. The van der Waals surface area contributed by atoms with Crippen LogP contribution in [-0.4, -0.2) is 61.6 Å². The molecule has 2 aromatic rings. The number of rotatable bonds is 6. The zero-order valence-electron chi connectivity index (χ0n) is 14.7. The van der Waals surface area contributed by atoms with E-state index in [0.29, 0.717) is 11.3 Å². The number of benzene rings is 1. The molecule has 1 amide bonds. The molecule has 2 heterocycles. The smallest absolute Gasteiger partial charge is 0.337 e. The number of hydrogen-bond donors (Lipinski definition) is 0. The molecule has 1 aromatic carbocycles. The van der Waals surface area contributed by atoms with Crippen molar-refractivity contribution in [2.24, 2.45) is 0 Å². The Bertz CT molecular complexity index is 723. The first-order valence-electron chi connectivity index (χ1n) is 8.49. The Morgan fingerprint density at radius 3 is 2.42 bits per heavy atom. The fourth-order valence-electron chi connectivity index (χ4n) is 2.82. The minimum absolute atomic E-state index is 0.00248. The van der Waals surface area contributed by atoms with Gasteiger partial charge >= 0.3 is 5.97 Å². The predicted octanol–water partition coefficient (Wildman–Crippen LogP) is 2.26. The number of carbonyl (C=O) groups excluding carboxylic acids is 2. The molecule has 138 valence electrons. The van der Waals surface area contributed by atoms with Gasteiger partial charge in [-0.25, -0.2) is 4.79 Å². The normalized spacial score (nSPS) is 14.9. The Morgan fingerprint density at radius 2 is 1.81 bits per heavy atom. The van der Waals surface area contributed by atoms with E-state index >= 15 is 0 Å². The van der Waals surface area contributed by atoms with Crippen LogP contribution in [0.25, 0.3) is 0 Å². The third-order valence-corrected chi connectivity index (χ3v) is 5.18. The molecule has 0 spiro atoms. The highest BCUT2D eigenvalue weighted by atomic mass is 32.1. The molecule has 7 heteroatoms. The minimum atomic E-state index is -0.395. The summed E-state index contributed by atoms with van der Waals surface area (Å²) < 4.78 is 10.2. The molecule has 0 bridgehead atoms. The number of esters is 1. The van der Waals surface area contributed by atoms with Crippen molar-refractivity contribution in [1.29, 1.82) is 0 Å². The van der Waals surface area contributed by atoms with Gasteiger partial charge in [0.2, 0.25) is 0 Å². The summed E-state index contributed by atoms with van der Waals surface area (Å²) in [5.41, 5.74) is 0.452. The van der Waals surface area contributed by atoms with Crippen molar-refractivity contribution in [1.82, 2.24) is 9.80 Å². The minimum Gasteiger partial charge on any atom is -0.484 e. The number of methoxy groups -OCH3 is 1. The second-order valence-electron chi connectivity index (χ2n) is 6.04. The van der Waals surface area contributed by atoms with Gasteiger partial charge in [0.15, 0.2) is 6.61 Å². The summed E-state index contributed by atoms with van der Waals surface area (Å²) in [5.74, 6) is 0.146. The third kappa shape index (κ3) is 4.83. The first-order valence-corrected chi connectivity index (χ1v) is 9.37. The average Bonchev–Trinajstić information content (AvgIpc) is 3.19. The van der Waals surface area contributed by atoms with E-state index in [4.69, 9.17) is 4.74 Å². The van der Waals surface area contributed by atoms with Crippen LogP contribution in [-0.2, 0) is 16.1 Å². The average molecular weight is 374 g/mol. The van der Waals surface area contributed by atoms with Crippen LogP contribution in [0.1, 0.15) is 15.2 Å². The van der Waals surface area contributed by atoms with Crippen LogP contribution in [0.3, 0.4) is 0 Å². The van der Waals surface area contributed by atoms with Gasteiger partial charge in [-0.3, -0.25) is 9.69 Å². The summed E-state index contributed by atoms with van der Waals surface area (Å²) in [5, 5.41) is 2.09. The van der Waals surface area contributed by atoms with Gasteiger partial charge in [-0.1, -0.05) is 6.07 Å². The van der Waals surface area contributed by atoms with E-state index in [1.807, 2.05) is 4.90 Å². The number of piperazine rings is 1. The molecule has 0 saturated carbocycles. The summed E-state index contributed by atoms with van der Waals surface area (Å²) in [6.07, 6.45) is 0. The Morgan fingerprint density at radius 1 is 1.08 bits per heavy atom. The van der Waals surface area contributed by atoms with E-state index in [0.717, 1.165) is 32.7 Å². The quantitative estimate of drug-likeness (QED) is 0.726. The van der Waals surface area contributed by atoms with Crippen molar-refractivity contribution in [2.75, 3.05) is 39.9 Å². The summed E-state index contributed by atoms with van der Waals surface area (Å²) in [6, 6.07) is 10.8. The van der Waals surface area contributed by atoms with Crippen LogP contribution >= 0.6 is 11.3 Å². The van der Waals surface area contributed by atoms with Crippen molar-refractivity contribution in [3.63, 3.8) is 0 Å². The van der Waals surface area contributed by atoms with Gasteiger partial charge in [0.1, 0.15) is 5.75 Å². The molecular formula is C19H22N2O4S. The molecule has 1 fully saturated rings. The molecule has 0 radical (unpaired) electrons. The Balaban J connectivity index is 1.42. The number of carbonyl (C=O) groups is 2. The maximum atomic E-state index is 12.3. The predicted molar refractivity (Wildman–Crippen MR) is 99.5 cm³/mol. The highest BCUT2D eigenvalue weighted by Crippen LogP contribution is 2.15. The van der Waals surface area contributed by atoms with E-state index in [2.05, 4.69) is 27.1 Å². The summed E-state index contributed by atoms with van der Waals surface area (Å²) >= 11 is 1.76. The van der Waals surface area contributed by atoms with Gasteiger partial charge in [-0.2, -0.15) is 0 Å². The molecule has 1 aliphatic rings. The third-order valence-electron chi connectivity index (χ3n) is 4.32. The lowest BCUT2D eigenvalue weighted by molar-refractivity contribution is -0.135. The SMILES string of the molecule is COC(=O)c1ccc(OCC(=O)N2CCN(Cc3cccs3)CC2)cc1. The monoisotopic (exact) mass is 374 g/mol. The van der Waals surface area contributed by atoms with Crippen LogP contribution in [0.15, 0.2) is 41.8 Å². The molecule has 0 aliphatic carbocycles. The molecule has 0 N–H and O–H groups in total. The lowest BCUT2D eigenvalue weighted by Crippen LogP contribution is -2.49. The fraction of sp³-hybridized carbons (Fsp3) is 0.368. The van der Waals surface area contributed by atoms with Gasteiger partial charge in [0, 0.05) is 37.6 Å². The fourth-order valence-corrected chi connectivity index (χ4v) is 3.57. The molecule has 3 rings (SSSR count). The topological polar surface area (TPSA) is 59.1 Å². The Labute approximate surface area is 156 Å². The highest BCUT2D eigenvalue weighted by Gasteiger charge is 2.21. The van der Waals surface area contributed by atoms with Gasteiger partial charge in [0.05, 0.1) is 12.7 Å². The van der Waals surface area contributed by atoms with Gasteiger partial charge in [0.25, 0.3) is 5.91 Å². The summed E-state index contributed by atoms with van der Waals surface area (Å²) in [7, 11) is 1.34. The van der Waals surface area contributed by atoms with Crippen molar-refractivity contribution >= 4 is 23.2 Å². The van der Waals surface area contributed by atoms with Crippen LogP contribution in [0.5, 0.6) is 5.75 Å². The lowest BCUT2D eigenvalue weighted by Gasteiger charge is -2.34. The van der Waals surface area contributed by atoms with Gasteiger partial charge in [-0.05, 0) is 35.7 Å². The molecule has 1 aliphatic heterocycles. The van der Waals surface area contributed by atoms with Crippen LogP contribution < -0.4 is 4.74 Å². The molecule has 1 saturated heterocycles. The van der Waals surface area contributed by atoms with E-state index in [1.165, 1.54) is 12.0 Å². The molecular weight excluding hydrogens is 352 g/mol. The van der Waals surface area contributed by atoms with E-state index in [9.17, 15) is 9.59 Å². The molecule has 1 aromatic heterocycles. The van der Waals surface area contributed by atoms with Crippen LogP contribution in [0.2, 0.25) is 0 Å². The maximum absolute atomic E-state index is 12.3. The number of hydrogen-bond acceptors (Lipinski definition) is 6. The molecule has 0 atom stereocenters. The van der Waals surface area contributed by atoms with E-state index in [1.54, 1.807) is 35.6 Å². The van der Waals surface area contributed by atoms with Crippen LogP contribution in [0.4, 0.5) is 0 Å². The van der Waals surface area contributed by atoms with E-state index in [-0.39, 0.29) is 12.5 Å². The Hall–Kier alpha value is -2.38. The maximum Gasteiger partial charge on any atom is 0.337 e. The van der Waals surface area contributed by atoms with Crippen molar-refractivity contribution in [3.8, 4) is 5.75 Å². The van der Waals surface area contributed by atoms with E-state index < -0.39 is 5.97 Å². The van der Waals surface area contributed by atoms with Crippen molar-refractivity contribution in [2.45, 2.75) is 6.54 Å². The number of ether oxygens (including phenoxy) is 2. The number of nitrogens with zero attached hydrogens (tertiary/aromatic N) is 2. The molecule has 26 heavy (non-hydrogen) atoms. The molecule has 0 unspecified atom stereocenters. The number of thiophene rings is 1. The second kappa shape index (κ2) is 8.82. The van der Waals surface area contributed by atoms with Gasteiger partial charge in [-0.15, -0.1) is 11.3 Å². The summed E-state index contributed by atoms with van der Waals surface area (Å²) in [6.45, 7) is 4.13. The Kier molecular flexibility index (Phi) is 6.25. The zero-order valence-corrected chi connectivity index (χ0v) is 15.5. The number of amides is 1. The van der Waals surface area contributed by atoms with Gasteiger partial charge < -0.3 is 14.4 Å². The first kappa shape index (κ1) is 18.4. The first-order chi connectivity index (χ1) is 12.7. The van der Waals surface area contributed by atoms with Crippen molar-refractivity contribution < 1.29 is 19.1 Å². The van der Waals surface area contributed by atoms with Crippen molar-refractivity contribution in [3.05, 3.63) is 52.2 Å².